The van der Waals surface area contributed by atoms with Gasteiger partial charge in [0.2, 0.25) is 0 Å². The van der Waals surface area contributed by atoms with Crippen LogP contribution in [0.2, 0.25) is 0 Å². The fraction of sp³-hybridized carbons (Fsp3) is 0.478. The van der Waals surface area contributed by atoms with Crippen molar-refractivity contribution in [3.63, 3.8) is 0 Å². The maximum Gasteiger partial charge on any atom is -0.0127 e. The minimum absolute atomic E-state index is 0.625. The lowest BCUT2D eigenvalue weighted by Crippen LogP contribution is -1.99. The van der Waals surface area contributed by atoms with Crippen molar-refractivity contribution in [2.45, 2.75) is 60.3 Å². The van der Waals surface area contributed by atoms with Crippen molar-refractivity contribution in [2.24, 2.45) is 11.8 Å². The molecule has 1 fully saturated rings. The predicted octanol–water partition coefficient (Wildman–Crippen LogP) is 6.77. The highest BCUT2D eigenvalue weighted by Gasteiger charge is 2.26. The molecule has 1 atom stereocenters. The van der Waals surface area contributed by atoms with Gasteiger partial charge in [-0.2, -0.15) is 0 Å². The third kappa shape index (κ3) is 3.68. The normalized spacial score (nSPS) is 19.7. The molecule has 23 heavy (non-hydrogen) atoms. The summed E-state index contributed by atoms with van der Waals surface area (Å²) < 4.78 is 0. The van der Waals surface area contributed by atoms with E-state index in [0.717, 1.165) is 18.8 Å². The highest BCUT2D eigenvalue weighted by Crippen LogP contribution is 2.40. The van der Waals surface area contributed by atoms with Gasteiger partial charge in [-0.1, -0.05) is 56.4 Å². The fourth-order valence-corrected chi connectivity index (χ4v) is 3.62. The molecule has 0 spiro atoms. The van der Waals surface area contributed by atoms with Crippen LogP contribution < -0.4 is 0 Å². The molecule has 1 aromatic carbocycles. The SMILES string of the molecule is C=Cc1cc2c(c(C)c1/C=C(\C)C1CC1)CC(C(=C)C)C2.CC. The van der Waals surface area contributed by atoms with E-state index in [9.17, 15) is 0 Å². The van der Waals surface area contributed by atoms with Gasteiger partial charge in [0, 0.05) is 0 Å². The van der Waals surface area contributed by atoms with Crippen LogP contribution in [0.4, 0.5) is 0 Å². The number of rotatable bonds is 4. The maximum absolute atomic E-state index is 4.16. The molecule has 1 saturated carbocycles. The van der Waals surface area contributed by atoms with Crippen molar-refractivity contribution in [3.05, 3.63) is 58.2 Å². The first-order valence-corrected chi connectivity index (χ1v) is 9.12. The summed E-state index contributed by atoms with van der Waals surface area (Å²) in [7, 11) is 0. The Morgan fingerprint density at radius 1 is 1.13 bits per heavy atom. The van der Waals surface area contributed by atoms with E-state index >= 15 is 0 Å². The topological polar surface area (TPSA) is 0 Å². The zero-order valence-corrected chi connectivity index (χ0v) is 15.6. The zero-order valence-electron chi connectivity index (χ0n) is 15.6. The highest BCUT2D eigenvalue weighted by molar-refractivity contribution is 5.71. The lowest BCUT2D eigenvalue weighted by Gasteiger charge is -2.13. The van der Waals surface area contributed by atoms with Crippen molar-refractivity contribution in [2.75, 3.05) is 0 Å². The lowest BCUT2D eigenvalue weighted by molar-refractivity contribution is 0.660. The van der Waals surface area contributed by atoms with Gasteiger partial charge in [0.15, 0.2) is 0 Å². The van der Waals surface area contributed by atoms with E-state index in [4.69, 9.17) is 0 Å². The van der Waals surface area contributed by atoms with E-state index in [1.165, 1.54) is 46.2 Å². The molecule has 0 bridgehead atoms. The van der Waals surface area contributed by atoms with E-state index in [1.54, 1.807) is 5.56 Å². The van der Waals surface area contributed by atoms with Gasteiger partial charge in [-0.25, -0.2) is 0 Å². The molecule has 0 aliphatic heterocycles. The zero-order chi connectivity index (χ0) is 17.1. The molecule has 1 unspecified atom stereocenters. The Morgan fingerprint density at radius 3 is 2.30 bits per heavy atom. The van der Waals surface area contributed by atoms with Crippen molar-refractivity contribution < 1.29 is 0 Å². The van der Waals surface area contributed by atoms with Crippen molar-refractivity contribution in [1.29, 1.82) is 0 Å². The molecular weight excluding hydrogens is 276 g/mol. The summed E-state index contributed by atoms with van der Waals surface area (Å²) in [5.74, 6) is 1.46. The summed E-state index contributed by atoms with van der Waals surface area (Å²) in [6.45, 7) is 18.9. The summed E-state index contributed by atoms with van der Waals surface area (Å²) in [6, 6.07) is 2.37. The summed E-state index contributed by atoms with van der Waals surface area (Å²) in [6.07, 6.45) is 9.49. The molecule has 0 saturated heterocycles. The van der Waals surface area contributed by atoms with Crippen LogP contribution in [0.1, 0.15) is 68.4 Å². The van der Waals surface area contributed by atoms with Gasteiger partial charge in [-0.15, -0.1) is 0 Å². The van der Waals surface area contributed by atoms with Crippen LogP contribution in [-0.2, 0) is 12.8 Å². The van der Waals surface area contributed by atoms with E-state index in [0.29, 0.717) is 5.92 Å². The molecule has 0 heteroatoms. The first kappa shape index (κ1) is 17.8. The largest absolute Gasteiger partial charge is 0.0998 e. The first-order valence-electron chi connectivity index (χ1n) is 9.12. The molecule has 0 radical (unpaired) electrons. The number of benzene rings is 1. The van der Waals surface area contributed by atoms with E-state index < -0.39 is 0 Å². The van der Waals surface area contributed by atoms with E-state index in [-0.39, 0.29) is 0 Å². The quantitative estimate of drug-likeness (QED) is 0.538. The van der Waals surface area contributed by atoms with Crippen molar-refractivity contribution >= 4 is 12.2 Å². The fourth-order valence-electron chi connectivity index (χ4n) is 3.62. The third-order valence-electron chi connectivity index (χ3n) is 5.31. The summed E-state index contributed by atoms with van der Waals surface area (Å²) >= 11 is 0. The standard InChI is InChI=1S/C21H26.C2H6/c1-6-16-10-19-11-18(13(2)3)12-21(19)15(5)20(16)9-14(4)17-7-8-17;1-2/h6,9-10,17-18H,1-2,7-8,11-12H2,3-5H3;1-2H3/b14-9+;. The van der Waals surface area contributed by atoms with Gasteiger partial charge < -0.3 is 0 Å². The molecule has 2 aliphatic carbocycles. The van der Waals surface area contributed by atoms with Gasteiger partial charge in [0.05, 0.1) is 0 Å². The van der Waals surface area contributed by atoms with E-state index in [1.807, 2.05) is 19.9 Å². The second-order valence-electron chi connectivity index (χ2n) is 6.96. The molecular formula is C23H32. The van der Waals surface area contributed by atoms with E-state index in [2.05, 4.69) is 46.1 Å². The lowest BCUT2D eigenvalue weighted by atomic mass is 9.92. The Labute approximate surface area is 143 Å². The second-order valence-corrected chi connectivity index (χ2v) is 6.96. The summed E-state index contributed by atoms with van der Waals surface area (Å²) in [4.78, 5) is 0. The van der Waals surface area contributed by atoms with Crippen molar-refractivity contribution in [1.82, 2.24) is 0 Å². The number of hydrogen-bond donors (Lipinski definition) is 0. The maximum atomic E-state index is 4.16. The van der Waals surface area contributed by atoms with Crippen molar-refractivity contribution in [3.8, 4) is 0 Å². The van der Waals surface area contributed by atoms with Crippen LogP contribution in [0, 0.1) is 18.8 Å². The average Bonchev–Trinajstić information content (AvgIpc) is 3.31. The monoisotopic (exact) mass is 308 g/mol. The van der Waals surface area contributed by atoms with Crippen LogP contribution in [0.3, 0.4) is 0 Å². The van der Waals surface area contributed by atoms with Gasteiger partial charge in [0.1, 0.15) is 0 Å². The molecule has 1 aromatic rings. The minimum atomic E-state index is 0.625. The molecule has 0 nitrogen and oxygen atoms in total. The molecule has 0 N–H and O–H groups in total. The van der Waals surface area contributed by atoms with Gasteiger partial charge in [-0.05, 0) is 86.1 Å². The van der Waals surface area contributed by atoms with Gasteiger partial charge >= 0.3 is 0 Å². The molecule has 3 rings (SSSR count). The van der Waals surface area contributed by atoms with Crippen LogP contribution in [0.25, 0.3) is 12.2 Å². The first-order chi connectivity index (χ1) is 11.0. The molecule has 0 aromatic heterocycles. The average molecular weight is 309 g/mol. The number of fused-ring (bicyclic) bond motifs is 1. The molecule has 0 heterocycles. The highest BCUT2D eigenvalue weighted by atomic mass is 14.3. The predicted molar refractivity (Wildman–Crippen MR) is 105 cm³/mol. The smallest absolute Gasteiger partial charge is 0.0127 e. The van der Waals surface area contributed by atoms with Gasteiger partial charge in [-0.3, -0.25) is 0 Å². The molecule has 0 amide bonds. The summed E-state index contributed by atoms with van der Waals surface area (Å²) in [5.41, 5.74) is 10.1. The van der Waals surface area contributed by atoms with Crippen LogP contribution in [-0.4, -0.2) is 0 Å². The minimum Gasteiger partial charge on any atom is -0.0998 e. The molecule has 2 aliphatic rings. The van der Waals surface area contributed by atoms with Gasteiger partial charge in [0.25, 0.3) is 0 Å². The summed E-state index contributed by atoms with van der Waals surface area (Å²) in [5, 5.41) is 0. The van der Waals surface area contributed by atoms with Crippen LogP contribution >= 0.6 is 0 Å². The second kappa shape index (κ2) is 7.34. The Hall–Kier alpha value is -1.56. The third-order valence-corrected chi connectivity index (χ3v) is 5.31. The Bertz CT molecular complexity index is 638. The Kier molecular flexibility index (Phi) is 5.68. The number of allylic oxidation sites excluding steroid dienone is 2. The molecule has 124 valence electrons. The Morgan fingerprint density at radius 2 is 1.78 bits per heavy atom. The van der Waals surface area contributed by atoms with Crippen LogP contribution in [0.5, 0.6) is 0 Å². The Balaban J connectivity index is 0.000000924. The number of hydrogen-bond acceptors (Lipinski definition) is 0. The van der Waals surface area contributed by atoms with Crippen LogP contribution in [0.15, 0.2) is 30.4 Å².